The monoisotopic (exact) mass is 206 g/mol. The normalized spacial score (nSPS) is 23.0. The first-order valence-electron chi connectivity index (χ1n) is 4.95. The molecule has 1 atom stereocenters. The third-order valence-electron chi connectivity index (χ3n) is 2.62. The van der Waals surface area contributed by atoms with Crippen LogP contribution < -0.4 is 5.32 Å². The van der Waals surface area contributed by atoms with Crippen LogP contribution in [-0.4, -0.2) is 42.9 Å². The van der Waals surface area contributed by atoms with Crippen molar-refractivity contribution in [1.82, 2.24) is 10.2 Å². The van der Waals surface area contributed by atoms with Crippen molar-refractivity contribution < 1.29 is 13.6 Å². The number of hydrogen-bond acceptors (Lipinski definition) is 2. The Bertz CT molecular complexity index is 199. The molecule has 1 fully saturated rings. The molecule has 1 aliphatic rings. The molecule has 0 bridgehead atoms. The summed E-state index contributed by atoms with van der Waals surface area (Å²) in [5, 5.41) is 2.26. The van der Waals surface area contributed by atoms with Crippen LogP contribution in [0.1, 0.15) is 19.8 Å². The first-order valence-corrected chi connectivity index (χ1v) is 4.95. The molecule has 0 radical (unpaired) electrons. The average Bonchev–Trinajstić information content (AvgIpc) is 2.60. The highest BCUT2D eigenvalue weighted by Crippen LogP contribution is 2.15. The van der Waals surface area contributed by atoms with Crippen molar-refractivity contribution in [3.05, 3.63) is 0 Å². The standard InChI is InChI=1S/C9H16F2N2O/c1-2-13-5-3-4-7(13)6-12-9(14)8(10)11/h7-8H,2-6H2,1H3,(H,12,14). The van der Waals surface area contributed by atoms with E-state index >= 15 is 0 Å². The Morgan fingerprint density at radius 1 is 1.64 bits per heavy atom. The molecule has 0 spiro atoms. The average molecular weight is 206 g/mol. The van der Waals surface area contributed by atoms with Gasteiger partial charge in [0.05, 0.1) is 0 Å². The van der Waals surface area contributed by atoms with Crippen LogP contribution in [0, 0.1) is 0 Å². The van der Waals surface area contributed by atoms with Crippen molar-refractivity contribution in [2.45, 2.75) is 32.2 Å². The van der Waals surface area contributed by atoms with E-state index in [0.717, 1.165) is 25.9 Å². The highest BCUT2D eigenvalue weighted by molar-refractivity contribution is 5.79. The number of nitrogens with zero attached hydrogens (tertiary/aromatic N) is 1. The van der Waals surface area contributed by atoms with Gasteiger partial charge >= 0.3 is 6.43 Å². The van der Waals surface area contributed by atoms with Gasteiger partial charge in [-0.15, -0.1) is 0 Å². The summed E-state index contributed by atoms with van der Waals surface area (Å²) in [6, 6.07) is 0.239. The number of alkyl halides is 2. The number of carbonyl (C=O) groups excluding carboxylic acids is 1. The van der Waals surface area contributed by atoms with Crippen LogP contribution in [0.2, 0.25) is 0 Å². The van der Waals surface area contributed by atoms with Crippen LogP contribution in [0.25, 0.3) is 0 Å². The molecule has 1 saturated heterocycles. The fraction of sp³-hybridized carbons (Fsp3) is 0.889. The lowest BCUT2D eigenvalue weighted by molar-refractivity contribution is -0.131. The third-order valence-corrected chi connectivity index (χ3v) is 2.62. The molecule has 3 nitrogen and oxygen atoms in total. The van der Waals surface area contributed by atoms with Crippen molar-refractivity contribution in [3.8, 4) is 0 Å². The van der Waals surface area contributed by atoms with Crippen molar-refractivity contribution >= 4 is 5.91 Å². The van der Waals surface area contributed by atoms with E-state index in [2.05, 4.69) is 10.2 Å². The fourth-order valence-corrected chi connectivity index (χ4v) is 1.84. The number of likely N-dealkylation sites (tertiary alicyclic amines) is 1. The Balaban J connectivity index is 2.27. The lowest BCUT2D eigenvalue weighted by Gasteiger charge is -2.22. The second kappa shape index (κ2) is 5.24. The zero-order valence-corrected chi connectivity index (χ0v) is 8.30. The minimum Gasteiger partial charge on any atom is -0.350 e. The second-order valence-electron chi connectivity index (χ2n) is 3.47. The second-order valence-corrected chi connectivity index (χ2v) is 3.47. The topological polar surface area (TPSA) is 32.3 Å². The number of amides is 1. The number of likely N-dealkylation sites (N-methyl/N-ethyl adjacent to an activating group) is 1. The molecule has 5 heteroatoms. The van der Waals surface area contributed by atoms with Crippen molar-refractivity contribution in [2.75, 3.05) is 19.6 Å². The minimum atomic E-state index is -2.90. The van der Waals surface area contributed by atoms with Gasteiger partial charge < -0.3 is 5.32 Å². The van der Waals surface area contributed by atoms with Gasteiger partial charge in [0, 0.05) is 12.6 Å². The lowest BCUT2D eigenvalue weighted by Crippen LogP contribution is -2.41. The van der Waals surface area contributed by atoms with Crippen molar-refractivity contribution in [2.24, 2.45) is 0 Å². The summed E-state index contributed by atoms with van der Waals surface area (Å²) in [6.07, 6.45) is -0.827. The van der Waals surface area contributed by atoms with Gasteiger partial charge in [0.15, 0.2) is 0 Å². The predicted molar refractivity (Wildman–Crippen MR) is 49.3 cm³/mol. The zero-order valence-electron chi connectivity index (χ0n) is 8.30. The molecule has 0 aromatic rings. The maximum atomic E-state index is 11.9. The van der Waals surface area contributed by atoms with Gasteiger partial charge in [-0.3, -0.25) is 9.69 Å². The number of rotatable bonds is 4. The van der Waals surface area contributed by atoms with E-state index in [0.29, 0.717) is 6.54 Å². The largest absolute Gasteiger partial charge is 0.350 e. The highest BCUT2D eigenvalue weighted by atomic mass is 19.3. The Morgan fingerprint density at radius 2 is 2.36 bits per heavy atom. The quantitative estimate of drug-likeness (QED) is 0.739. The van der Waals surface area contributed by atoms with Gasteiger partial charge in [0.25, 0.3) is 5.91 Å². The van der Waals surface area contributed by atoms with E-state index in [1.54, 1.807) is 0 Å². The lowest BCUT2D eigenvalue weighted by atomic mass is 10.2. The van der Waals surface area contributed by atoms with Gasteiger partial charge in [-0.2, -0.15) is 8.78 Å². The molecule has 0 aromatic carbocycles. The molecule has 1 aliphatic heterocycles. The number of halogens is 2. The summed E-state index contributed by atoms with van der Waals surface area (Å²) in [6.45, 7) is 4.30. The molecular formula is C9H16F2N2O. The molecule has 82 valence electrons. The molecular weight excluding hydrogens is 190 g/mol. The van der Waals surface area contributed by atoms with Gasteiger partial charge in [0.2, 0.25) is 0 Å². The molecule has 0 saturated carbocycles. The van der Waals surface area contributed by atoms with Crippen LogP contribution in [0.15, 0.2) is 0 Å². The Kier molecular flexibility index (Phi) is 4.25. The Morgan fingerprint density at radius 3 is 2.93 bits per heavy atom. The molecule has 1 heterocycles. The number of nitrogens with one attached hydrogen (secondary N) is 1. The molecule has 1 N–H and O–H groups in total. The third kappa shape index (κ3) is 2.90. The SMILES string of the molecule is CCN1CCCC1CNC(=O)C(F)F. The first kappa shape index (κ1) is 11.4. The van der Waals surface area contributed by atoms with Gasteiger partial charge in [-0.25, -0.2) is 0 Å². The van der Waals surface area contributed by atoms with Crippen LogP contribution in [0.5, 0.6) is 0 Å². The van der Waals surface area contributed by atoms with Crippen LogP contribution in [-0.2, 0) is 4.79 Å². The van der Waals surface area contributed by atoms with Gasteiger partial charge in [0.1, 0.15) is 0 Å². The Labute approximate surface area is 82.5 Å². The minimum absolute atomic E-state index is 0.239. The molecule has 0 aromatic heterocycles. The van der Waals surface area contributed by atoms with Crippen LogP contribution >= 0.6 is 0 Å². The van der Waals surface area contributed by atoms with Crippen molar-refractivity contribution in [3.63, 3.8) is 0 Å². The molecule has 1 amide bonds. The Hall–Kier alpha value is -0.710. The van der Waals surface area contributed by atoms with E-state index in [1.807, 2.05) is 6.92 Å². The maximum absolute atomic E-state index is 11.9. The predicted octanol–water partition coefficient (Wildman–Crippen LogP) is 0.852. The molecule has 1 rings (SSSR count). The van der Waals surface area contributed by atoms with Gasteiger partial charge in [-0.1, -0.05) is 6.92 Å². The summed E-state index contributed by atoms with van der Waals surface area (Å²) in [7, 11) is 0. The summed E-state index contributed by atoms with van der Waals surface area (Å²) in [5.74, 6) is -1.16. The van der Waals surface area contributed by atoms with Crippen LogP contribution in [0.4, 0.5) is 8.78 Å². The van der Waals surface area contributed by atoms with E-state index in [-0.39, 0.29) is 6.04 Å². The summed E-state index contributed by atoms with van der Waals surface area (Å²) in [5.41, 5.74) is 0. The summed E-state index contributed by atoms with van der Waals surface area (Å²) < 4.78 is 23.7. The zero-order chi connectivity index (χ0) is 10.6. The summed E-state index contributed by atoms with van der Waals surface area (Å²) >= 11 is 0. The smallest absolute Gasteiger partial charge is 0.315 e. The van der Waals surface area contributed by atoms with E-state index in [1.165, 1.54) is 0 Å². The molecule has 0 aliphatic carbocycles. The van der Waals surface area contributed by atoms with Gasteiger partial charge in [-0.05, 0) is 25.9 Å². The van der Waals surface area contributed by atoms with Crippen LogP contribution in [0.3, 0.4) is 0 Å². The number of carbonyl (C=O) groups is 1. The molecule has 1 unspecified atom stereocenters. The van der Waals surface area contributed by atoms with E-state index < -0.39 is 12.3 Å². The highest BCUT2D eigenvalue weighted by Gasteiger charge is 2.24. The molecule has 14 heavy (non-hydrogen) atoms. The van der Waals surface area contributed by atoms with E-state index in [9.17, 15) is 13.6 Å². The fourth-order valence-electron chi connectivity index (χ4n) is 1.84. The van der Waals surface area contributed by atoms with Crippen molar-refractivity contribution in [1.29, 1.82) is 0 Å². The first-order chi connectivity index (χ1) is 6.65. The van der Waals surface area contributed by atoms with E-state index in [4.69, 9.17) is 0 Å². The summed E-state index contributed by atoms with van der Waals surface area (Å²) in [4.78, 5) is 12.8. The number of hydrogen-bond donors (Lipinski definition) is 1. The maximum Gasteiger partial charge on any atom is 0.315 e.